The lowest BCUT2D eigenvalue weighted by Gasteiger charge is -2.27. The van der Waals surface area contributed by atoms with E-state index in [2.05, 4.69) is 63.9 Å². The summed E-state index contributed by atoms with van der Waals surface area (Å²) in [6, 6.07) is 11.8. The maximum absolute atomic E-state index is 3.79. The summed E-state index contributed by atoms with van der Waals surface area (Å²) in [6.45, 7) is 2.25. The van der Waals surface area contributed by atoms with Crippen molar-refractivity contribution >= 4 is 27.3 Å². The molecule has 1 aliphatic rings. The van der Waals surface area contributed by atoms with Gasteiger partial charge in [-0.1, -0.05) is 28.1 Å². The number of nitrogens with one attached hydrogen (secondary N) is 1. The monoisotopic (exact) mass is 335 g/mol. The van der Waals surface area contributed by atoms with Crippen molar-refractivity contribution in [3.05, 3.63) is 56.2 Å². The van der Waals surface area contributed by atoms with Crippen LogP contribution in [-0.2, 0) is 6.42 Å². The first-order valence-electron chi connectivity index (χ1n) is 6.82. The summed E-state index contributed by atoms with van der Waals surface area (Å²) >= 11 is 5.46. The fraction of sp³-hybridized carbons (Fsp3) is 0.375. The molecule has 1 aromatic carbocycles. The van der Waals surface area contributed by atoms with Gasteiger partial charge in [0.2, 0.25) is 0 Å². The first-order valence-corrected chi connectivity index (χ1v) is 8.49. The van der Waals surface area contributed by atoms with Gasteiger partial charge in [0.1, 0.15) is 0 Å². The minimum Gasteiger partial charge on any atom is -0.303 e. The number of fused-ring (bicyclic) bond motifs is 1. The molecule has 2 unspecified atom stereocenters. The largest absolute Gasteiger partial charge is 0.303 e. The van der Waals surface area contributed by atoms with E-state index in [0.717, 1.165) is 4.47 Å². The van der Waals surface area contributed by atoms with E-state index in [-0.39, 0.29) is 0 Å². The van der Waals surface area contributed by atoms with E-state index in [4.69, 9.17) is 0 Å². The molecule has 0 bridgehead atoms. The fourth-order valence-corrected chi connectivity index (χ4v) is 4.24. The second-order valence-corrected chi connectivity index (χ2v) is 7.10. The third kappa shape index (κ3) is 2.93. The molecule has 1 aliphatic carbocycles. The molecular weight excluding hydrogens is 318 g/mol. The molecule has 1 heterocycles. The molecule has 2 atom stereocenters. The Kier molecular flexibility index (Phi) is 4.06. The van der Waals surface area contributed by atoms with Gasteiger partial charge in [0.05, 0.1) is 0 Å². The molecular formula is C16H18BrNS. The smallest absolute Gasteiger partial charge is 0.0336 e. The molecule has 19 heavy (non-hydrogen) atoms. The number of benzene rings is 1. The molecule has 2 aromatic rings. The van der Waals surface area contributed by atoms with Crippen molar-refractivity contribution in [3.8, 4) is 0 Å². The highest BCUT2D eigenvalue weighted by Crippen LogP contribution is 2.34. The Morgan fingerprint density at radius 3 is 3.11 bits per heavy atom. The van der Waals surface area contributed by atoms with Crippen LogP contribution in [0.5, 0.6) is 0 Å². The summed E-state index contributed by atoms with van der Waals surface area (Å²) in [7, 11) is 0. The van der Waals surface area contributed by atoms with Crippen molar-refractivity contribution in [1.29, 1.82) is 0 Å². The average Bonchev–Trinajstić information content (AvgIpc) is 2.88. The summed E-state index contributed by atoms with van der Waals surface area (Å²) in [5.74, 6) is 0. The van der Waals surface area contributed by atoms with Crippen molar-refractivity contribution in [2.75, 3.05) is 0 Å². The molecule has 0 saturated heterocycles. The Bertz CT molecular complexity index is 563. The number of aryl methyl sites for hydroxylation is 1. The minimum absolute atomic E-state index is 0.383. The van der Waals surface area contributed by atoms with Crippen LogP contribution in [0.1, 0.15) is 47.9 Å². The lowest BCUT2D eigenvalue weighted by atomic mass is 9.93. The quantitative estimate of drug-likeness (QED) is 0.808. The van der Waals surface area contributed by atoms with Crippen molar-refractivity contribution in [2.24, 2.45) is 0 Å². The van der Waals surface area contributed by atoms with Crippen LogP contribution in [0.4, 0.5) is 0 Å². The Hall–Kier alpha value is -0.640. The Morgan fingerprint density at radius 2 is 2.26 bits per heavy atom. The lowest BCUT2D eigenvalue weighted by Crippen LogP contribution is -2.27. The van der Waals surface area contributed by atoms with Gasteiger partial charge in [0.25, 0.3) is 0 Å². The molecule has 1 N–H and O–H groups in total. The van der Waals surface area contributed by atoms with Crippen LogP contribution in [0.2, 0.25) is 0 Å². The van der Waals surface area contributed by atoms with Gasteiger partial charge < -0.3 is 5.32 Å². The molecule has 0 amide bonds. The van der Waals surface area contributed by atoms with Gasteiger partial charge in [-0.15, -0.1) is 11.3 Å². The average molecular weight is 336 g/mol. The molecule has 1 aromatic heterocycles. The molecule has 100 valence electrons. The first kappa shape index (κ1) is 13.3. The second kappa shape index (κ2) is 5.78. The zero-order chi connectivity index (χ0) is 13.2. The third-order valence-electron chi connectivity index (χ3n) is 3.85. The Balaban J connectivity index is 1.76. The second-order valence-electron chi connectivity index (χ2n) is 5.19. The van der Waals surface area contributed by atoms with Crippen LogP contribution in [-0.4, -0.2) is 0 Å². The summed E-state index contributed by atoms with van der Waals surface area (Å²) in [4.78, 5) is 1.57. The summed E-state index contributed by atoms with van der Waals surface area (Å²) in [5.41, 5.74) is 2.87. The first-order chi connectivity index (χ1) is 9.24. The van der Waals surface area contributed by atoms with E-state index in [9.17, 15) is 0 Å². The van der Waals surface area contributed by atoms with E-state index in [1.54, 1.807) is 4.88 Å². The topological polar surface area (TPSA) is 12.0 Å². The highest BCUT2D eigenvalue weighted by atomic mass is 79.9. The standard InChI is InChI=1S/C16H18BrNS/c1-11(12-4-2-5-13(17)10-12)18-15-6-3-7-16-14(15)8-9-19-16/h2,4-5,8-11,15,18H,3,6-7H2,1H3. The van der Waals surface area contributed by atoms with Crippen molar-refractivity contribution in [3.63, 3.8) is 0 Å². The zero-order valence-corrected chi connectivity index (χ0v) is 13.4. The molecule has 0 spiro atoms. The van der Waals surface area contributed by atoms with Gasteiger partial charge in [0.15, 0.2) is 0 Å². The number of hydrogen-bond acceptors (Lipinski definition) is 2. The van der Waals surface area contributed by atoms with Crippen LogP contribution >= 0.6 is 27.3 Å². The van der Waals surface area contributed by atoms with Gasteiger partial charge in [-0.05, 0) is 60.9 Å². The van der Waals surface area contributed by atoms with Crippen LogP contribution < -0.4 is 5.32 Å². The SMILES string of the molecule is CC(NC1CCCc2sccc21)c1cccc(Br)c1. The Morgan fingerprint density at radius 1 is 1.37 bits per heavy atom. The number of halogens is 1. The fourth-order valence-electron chi connectivity index (χ4n) is 2.83. The van der Waals surface area contributed by atoms with Gasteiger partial charge in [-0.2, -0.15) is 0 Å². The highest BCUT2D eigenvalue weighted by molar-refractivity contribution is 9.10. The van der Waals surface area contributed by atoms with Gasteiger partial charge >= 0.3 is 0 Å². The zero-order valence-electron chi connectivity index (χ0n) is 11.0. The Labute approximate surface area is 127 Å². The van der Waals surface area contributed by atoms with Crippen LogP contribution in [0, 0.1) is 0 Å². The predicted molar refractivity (Wildman–Crippen MR) is 85.7 cm³/mol. The van der Waals surface area contributed by atoms with E-state index < -0.39 is 0 Å². The van der Waals surface area contributed by atoms with E-state index >= 15 is 0 Å². The highest BCUT2D eigenvalue weighted by Gasteiger charge is 2.22. The number of hydrogen-bond donors (Lipinski definition) is 1. The van der Waals surface area contributed by atoms with Gasteiger partial charge in [0, 0.05) is 21.4 Å². The number of rotatable bonds is 3. The molecule has 0 fully saturated rings. The van der Waals surface area contributed by atoms with Crippen LogP contribution in [0.15, 0.2) is 40.2 Å². The maximum atomic E-state index is 3.79. The maximum Gasteiger partial charge on any atom is 0.0336 e. The van der Waals surface area contributed by atoms with E-state index in [0.29, 0.717) is 12.1 Å². The van der Waals surface area contributed by atoms with Crippen molar-refractivity contribution < 1.29 is 0 Å². The summed E-state index contributed by atoms with van der Waals surface area (Å²) in [6.07, 6.45) is 3.81. The van der Waals surface area contributed by atoms with Crippen molar-refractivity contribution in [2.45, 2.75) is 38.3 Å². The molecule has 1 nitrogen and oxygen atoms in total. The lowest BCUT2D eigenvalue weighted by molar-refractivity contribution is 0.418. The van der Waals surface area contributed by atoms with Gasteiger partial charge in [-0.25, -0.2) is 0 Å². The van der Waals surface area contributed by atoms with Crippen molar-refractivity contribution in [1.82, 2.24) is 5.32 Å². The summed E-state index contributed by atoms with van der Waals surface area (Å²) in [5, 5.41) is 6.02. The van der Waals surface area contributed by atoms with E-state index in [1.165, 1.54) is 30.4 Å². The normalized spacial score (nSPS) is 20.0. The molecule has 0 aliphatic heterocycles. The third-order valence-corrected chi connectivity index (χ3v) is 5.34. The van der Waals surface area contributed by atoms with Gasteiger partial charge in [-0.3, -0.25) is 0 Å². The molecule has 3 heteroatoms. The van der Waals surface area contributed by atoms with E-state index in [1.807, 2.05) is 11.3 Å². The molecule has 3 rings (SSSR count). The summed E-state index contributed by atoms with van der Waals surface area (Å²) < 4.78 is 1.15. The number of thiophene rings is 1. The van der Waals surface area contributed by atoms with Crippen LogP contribution in [0.3, 0.4) is 0 Å². The minimum atomic E-state index is 0.383. The predicted octanol–water partition coefficient (Wildman–Crippen LogP) is 5.24. The molecule has 0 saturated carbocycles. The molecule has 0 radical (unpaired) electrons. The van der Waals surface area contributed by atoms with Crippen LogP contribution in [0.25, 0.3) is 0 Å².